The molecular weight excluding hydrogens is 188 g/mol. The molecule has 2 aliphatic rings. The number of nitrogens with one attached hydrogen (secondary N) is 1. The summed E-state index contributed by atoms with van der Waals surface area (Å²) >= 11 is 0. The molecule has 1 heterocycles. The van der Waals surface area contributed by atoms with Crippen molar-refractivity contribution < 1.29 is 13.9 Å². The van der Waals surface area contributed by atoms with Gasteiger partial charge in [0.25, 0.3) is 5.92 Å². The Morgan fingerprint density at radius 1 is 1.29 bits per heavy atom. The summed E-state index contributed by atoms with van der Waals surface area (Å²) in [6.07, 6.45) is 3.89. The van der Waals surface area contributed by atoms with Crippen LogP contribution in [-0.2, 0) is 0 Å². The quantitative estimate of drug-likeness (QED) is 0.632. The molecule has 1 fully saturated rings. The Morgan fingerprint density at radius 3 is 2.57 bits per heavy atom. The lowest BCUT2D eigenvalue weighted by Gasteiger charge is -2.35. The molecule has 0 aromatic rings. The highest BCUT2D eigenvalue weighted by Crippen LogP contribution is 2.36. The van der Waals surface area contributed by atoms with Crippen LogP contribution in [0.4, 0.5) is 8.78 Å². The highest BCUT2D eigenvalue weighted by Gasteiger charge is 2.42. The normalized spacial score (nSPS) is 41.5. The van der Waals surface area contributed by atoms with Crippen molar-refractivity contribution in [3.63, 3.8) is 0 Å². The van der Waals surface area contributed by atoms with E-state index >= 15 is 0 Å². The molecule has 14 heavy (non-hydrogen) atoms. The number of aliphatic hydroxyl groups is 1. The van der Waals surface area contributed by atoms with Crippen molar-refractivity contribution in [2.45, 2.75) is 43.2 Å². The van der Waals surface area contributed by atoms with Gasteiger partial charge in [-0.25, -0.2) is 8.78 Å². The number of hydrogen-bond donors (Lipinski definition) is 2. The van der Waals surface area contributed by atoms with Gasteiger partial charge in [-0.15, -0.1) is 0 Å². The van der Waals surface area contributed by atoms with Crippen molar-refractivity contribution in [2.24, 2.45) is 0 Å². The summed E-state index contributed by atoms with van der Waals surface area (Å²) in [6, 6.07) is -0.0464. The van der Waals surface area contributed by atoms with Gasteiger partial charge in [0.15, 0.2) is 0 Å². The second-order valence-corrected chi connectivity index (χ2v) is 4.23. The lowest BCUT2D eigenvalue weighted by molar-refractivity contribution is -0.0248. The lowest BCUT2D eigenvalue weighted by Crippen LogP contribution is -2.48. The maximum absolute atomic E-state index is 12.8. The zero-order valence-electron chi connectivity index (χ0n) is 7.97. The lowest BCUT2D eigenvalue weighted by atomic mass is 9.82. The summed E-state index contributed by atoms with van der Waals surface area (Å²) in [5, 5.41) is 13.3. The van der Waals surface area contributed by atoms with Gasteiger partial charge in [-0.1, -0.05) is 0 Å². The molecule has 2 N–H and O–H groups in total. The Hall–Kier alpha value is -0.480. The van der Waals surface area contributed by atoms with Crippen molar-refractivity contribution >= 4 is 0 Å². The summed E-state index contributed by atoms with van der Waals surface area (Å²) in [4.78, 5) is 0. The van der Waals surface area contributed by atoms with Gasteiger partial charge in [0, 0.05) is 12.5 Å². The second-order valence-electron chi connectivity index (χ2n) is 4.23. The molecular formula is C10H15F2NO. The van der Waals surface area contributed by atoms with E-state index in [9.17, 15) is 13.9 Å². The van der Waals surface area contributed by atoms with Crippen molar-refractivity contribution in [2.75, 3.05) is 6.54 Å². The number of hydrogen-bond acceptors (Lipinski definition) is 2. The van der Waals surface area contributed by atoms with Crippen LogP contribution in [0.1, 0.15) is 25.7 Å². The largest absolute Gasteiger partial charge is 0.384 e. The summed E-state index contributed by atoms with van der Waals surface area (Å²) in [5.74, 6) is -2.73. The van der Waals surface area contributed by atoms with Crippen LogP contribution in [0.15, 0.2) is 12.2 Å². The van der Waals surface area contributed by atoms with Crippen molar-refractivity contribution in [1.29, 1.82) is 0 Å². The standard InChI is InChI=1S/C10H15F2NO/c11-10(12)5-3-9(14,4-6-10)8-2-1-7-13-8/h3,5,8,13-14H,1-2,4,6-7H2. The minimum absolute atomic E-state index is 0.0464. The van der Waals surface area contributed by atoms with E-state index in [1.807, 2.05) is 0 Å². The average molecular weight is 203 g/mol. The molecule has 80 valence electrons. The molecule has 2 nitrogen and oxygen atoms in total. The van der Waals surface area contributed by atoms with Gasteiger partial charge in [0.05, 0.1) is 5.60 Å². The Balaban J connectivity index is 2.10. The molecule has 1 aliphatic heterocycles. The first-order valence-corrected chi connectivity index (χ1v) is 5.06. The number of halogens is 2. The van der Waals surface area contributed by atoms with E-state index in [2.05, 4.69) is 5.32 Å². The van der Waals surface area contributed by atoms with Crippen molar-refractivity contribution in [1.82, 2.24) is 5.32 Å². The topological polar surface area (TPSA) is 32.3 Å². The molecule has 1 aliphatic carbocycles. The van der Waals surface area contributed by atoms with Crippen LogP contribution in [0, 0.1) is 0 Å². The Bertz CT molecular complexity index is 249. The molecule has 0 aromatic heterocycles. The number of alkyl halides is 2. The van der Waals surface area contributed by atoms with Crippen LogP contribution in [0.25, 0.3) is 0 Å². The predicted molar refractivity (Wildman–Crippen MR) is 49.3 cm³/mol. The molecule has 0 bridgehead atoms. The van der Waals surface area contributed by atoms with Crippen LogP contribution in [0.5, 0.6) is 0 Å². The van der Waals surface area contributed by atoms with Crippen LogP contribution in [-0.4, -0.2) is 29.2 Å². The van der Waals surface area contributed by atoms with Crippen molar-refractivity contribution in [3.05, 3.63) is 12.2 Å². The van der Waals surface area contributed by atoms with Crippen LogP contribution in [0.3, 0.4) is 0 Å². The van der Waals surface area contributed by atoms with Crippen molar-refractivity contribution in [3.8, 4) is 0 Å². The van der Waals surface area contributed by atoms with E-state index < -0.39 is 11.5 Å². The fraction of sp³-hybridized carbons (Fsp3) is 0.800. The van der Waals surface area contributed by atoms with Crippen LogP contribution >= 0.6 is 0 Å². The molecule has 1 saturated heterocycles. The molecule has 2 atom stereocenters. The minimum atomic E-state index is -2.73. The highest BCUT2D eigenvalue weighted by molar-refractivity contribution is 5.16. The molecule has 0 spiro atoms. The van der Waals surface area contributed by atoms with E-state index in [-0.39, 0.29) is 18.9 Å². The predicted octanol–water partition coefficient (Wildman–Crippen LogP) is 1.45. The zero-order chi connectivity index (χ0) is 10.2. The van der Waals surface area contributed by atoms with Gasteiger partial charge in [-0.2, -0.15) is 0 Å². The minimum Gasteiger partial charge on any atom is -0.384 e. The summed E-state index contributed by atoms with van der Waals surface area (Å²) in [6.45, 7) is 0.872. The fourth-order valence-corrected chi connectivity index (χ4v) is 2.20. The molecule has 0 aromatic carbocycles. The summed E-state index contributed by atoms with van der Waals surface area (Å²) in [5.41, 5.74) is -1.06. The van der Waals surface area contributed by atoms with E-state index in [0.717, 1.165) is 25.5 Å². The first-order valence-electron chi connectivity index (χ1n) is 5.06. The first-order chi connectivity index (χ1) is 6.52. The Morgan fingerprint density at radius 2 is 2.07 bits per heavy atom. The van der Waals surface area contributed by atoms with E-state index in [0.29, 0.717) is 0 Å². The maximum Gasteiger partial charge on any atom is 0.266 e. The van der Waals surface area contributed by atoms with E-state index in [1.54, 1.807) is 0 Å². The van der Waals surface area contributed by atoms with Crippen LogP contribution < -0.4 is 5.32 Å². The SMILES string of the molecule is OC1(C2CCCN2)C=CC(F)(F)CC1. The summed E-state index contributed by atoms with van der Waals surface area (Å²) < 4.78 is 25.6. The number of rotatable bonds is 1. The van der Waals surface area contributed by atoms with E-state index in [1.165, 1.54) is 6.08 Å². The highest BCUT2D eigenvalue weighted by atomic mass is 19.3. The molecule has 0 radical (unpaired) electrons. The van der Waals surface area contributed by atoms with Crippen LogP contribution in [0.2, 0.25) is 0 Å². The van der Waals surface area contributed by atoms with Gasteiger partial charge < -0.3 is 10.4 Å². The zero-order valence-corrected chi connectivity index (χ0v) is 7.97. The maximum atomic E-state index is 12.8. The molecule has 0 amide bonds. The molecule has 4 heteroatoms. The van der Waals surface area contributed by atoms with Gasteiger partial charge in [-0.05, 0) is 38.0 Å². The fourth-order valence-electron chi connectivity index (χ4n) is 2.20. The molecule has 2 rings (SSSR count). The Labute approximate surface area is 82.0 Å². The third-order valence-electron chi connectivity index (χ3n) is 3.14. The molecule has 0 saturated carbocycles. The smallest absolute Gasteiger partial charge is 0.266 e. The Kier molecular flexibility index (Phi) is 2.35. The van der Waals surface area contributed by atoms with Gasteiger partial charge >= 0.3 is 0 Å². The third-order valence-corrected chi connectivity index (χ3v) is 3.14. The third kappa shape index (κ3) is 1.81. The van der Waals surface area contributed by atoms with Gasteiger partial charge in [-0.3, -0.25) is 0 Å². The first kappa shape index (κ1) is 10.1. The second kappa shape index (κ2) is 3.28. The molecule has 2 unspecified atom stereocenters. The number of allylic oxidation sites excluding steroid dienone is 1. The van der Waals surface area contributed by atoms with Gasteiger partial charge in [0.2, 0.25) is 0 Å². The summed E-state index contributed by atoms with van der Waals surface area (Å²) in [7, 11) is 0. The van der Waals surface area contributed by atoms with Gasteiger partial charge in [0.1, 0.15) is 0 Å². The average Bonchev–Trinajstić information content (AvgIpc) is 2.64. The van der Waals surface area contributed by atoms with E-state index in [4.69, 9.17) is 0 Å². The monoisotopic (exact) mass is 203 g/mol.